The lowest BCUT2D eigenvalue weighted by molar-refractivity contribution is -0.131. The van der Waals surface area contributed by atoms with Crippen LogP contribution in [0.4, 0.5) is 4.39 Å². The van der Waals surface area contributed by atoms with Crippen molar-refractivity contribution in [2.24, 2.45) is 0 Å². The maximum absolute atomic E-state index is 13.3. The van der Waals surface area contributed by atoms with Crippen LogP contribution in [0.2, 0.25) is 0 Å². The summed E-state index contributed by atoms with van der Waals surface area (Å²) in [7, 11) is 0. The lowest BCUT2D eigenvalue weighted by atomic mass is 10.1. The zero-order valence-electron chi connectivity index (χ0n) is 13.0. The molecule has 0 bridgehead atoms. The minimum absolute atomic E-state index is 0.0566. The molecule has 5 nitrogen and oxygen atoms in total. The van der Waals surface area contributed by atoms with Crippen molar-refractivity contribution in [2.45, 2.75) is 25.8 Å². The summed E-state index contributed by atoms with van der Waals surface area (Å²) in [6.45, 7) is 0.784. The number of H-pyrrole nitrogens is 1. The van der Waals surface area contributed by atoms with Crippen molar-refractivity contribution in [3.8, 4) is 0 Å². The van der Waals surface area contributed by atoms with Crippen LogP contribution in [0.15, 0.2) is 29.1 Å². The number of nitrogens with one attached hydrogen (secondary N) is 1. The highest BCUT2D eigenvalue weighted by molar-refractivity contribution is 6.18. The summed E-state index contributed by atoms with van der Waals surface area (Å²) in [5.74, 6) is 0.397. The van der Waals surface area contributed by atoms with Gasteiger partial charge >= 0.3 is 0 Å². The molecule has 0 fully saturated rings. The smallest absolute Gasteiger partial charge is 0.256 e. The second-order valence-electron chi connectivity index (χ2n) is 5.75. The van der Waals surface area contributed by atoms with E-state index in [1.54, 1.807) is 17.0 Å². The van der Waals surface area contributed by atoms with Gasteiger partial charge in [-0.2, -0.15) is 0 Å². The Morgan fingerprint density at radius 1 is 1.42 bits per heavy atom. The summed E-state index contributed by atoms with van der Waals surface area (Å²) in [4.78, 5) is 33.1. The fraction of sp³-hybridized carbons (Fsp3) is 0.353. The molecule has 7 heteroatoms. The van der Waals surface area contributed by atoms with Crippen molar-refractivity contribution in [1.82, 2.24) is 14.9 Å². The molecule has 1 aliphatic rings. The van der Waals surface area contributed by atoms with Gasteiger partial charge in [0.15, 0.2) is 0 Å². The molecule has 1 N–H and O–H groups in total. The van der Waals surface area contributed by atoms with Crippen molar-refractivity contribution in [1.29, 1.82) is 0 Å². The fourth-order valence-corrected chi connectivity index (χ4v) is 3.01. The summed E-state index contributed by atoms with van der Waals surface area (Å²) in [5.41, 5.74) is 1.73. The van der Waals surface area contributed by atoms with E-state index >= 15 is 0 Å². The van der Waals surface area contributed by atoms with Crippen molar-refractivity contribution in [2.75, 3.05) is 12.4 Å². The van der Waals surface area contributed by atoms with Crippen LogP contribution < -0.4 is 5.56 Å². The van der Waals surface area contributed by atoms with E-state index in [9.17, 15) is 14.0 Å². The average Bonchev–Trinajstić information content (AvgIpc) is 2.55. The van der Waals surface area contributed by atoms with Crippen LogP contribution in [0.3, 0.4) is 0 Å². The van der Waals surface area contributed by atoms with E-state index in [0.717, 1.165) is 5.56 Å². The monoisotopic (exact) mass is 349 g/mol. The minimum Gasteiger partial charge on any atom is -0.338 e. The quantitative estimate of drug-likeness (QED) is 0.859. The summed E-state index contributed by atoms with van der Waals surface area (Å²) < 4.78 is 13.3. The third-order valence-electron chi connectivity index (χ3n) is 4.04. The summed E-state index contributed by atoms with van der Waals surface area (Å²) in [6, 6.07) is 6.21. The Kier molecular flexibility index (Phi) is 4.94. The SMILES string of the molecule is O=C(CCCl)N1CCc2nc(Cc3cccc(F)c3)[nH]c(=O)c2C1. The maximum Gasteiger partial charge on any atom is 0.256 e. The summed E-state index contributed by atoms with van der Waals surface area (Å²) in [5, 5.41) is 0. The van der Waals surface area contributed by atoms with E-state index in [0.29, 0.717) is 36.5 Å². The molecule has 2 aromatic rings. The number of carbonyl (C=O) groups is 1. The predicted molar refractivity (Wildman–Crippen MR) is 88.5 cm³/mol. The molecule has 1 aromatic heterocycles. The van der Waals surface area contributed by atoms with Gasteiger partial charge in [-0.25, -0.2) is 9.37 Å². The zero-order chi connectivity index (χ0) is 17.1. The Hall–Kier alpha value is -2.21. The van der Waals surface area contributed by atoms with E-state index < -0.39 is 0 Å². The van der Waals surface area contributed by atoms with Gasteiger partial charge in [-0.15, -0.1) is 11.6 Å². The molecule has 0 spiro atoms. The van der Waals surface area contributed by atoms with Gasteiger partial charge in [-0.05, 0) is 17.7 Å². The highest BCUT2D eigenvalue weighted by Crippen LogP contribution is 2.16. The first kappa shape index (κ1) is 16.6. The molecule has 2 heterocycles. The number of aromatic amines is 1. The predicted octanol–water partition coefficient (Wildman–Crippen LogP) is 2.01. The van der Waals surface area contributed by atoms with E-state index in [4.69, 9.17) is 11.6 Å². The molecule has 126 valence electrons. The van der Waals surface area contributed by atoms with Gasteiger partial charge in [-0.1, -0.05) is 12.1 Å². The van der Waals surface area contributed by atoms with Crippen molar-refractivity contribution in [3.63, 3.8) is 0 Å². The molecule has 24 heavy (non-hydrogen) atoms. The molecule has 1 aliphatic heterocycles. The molecule has 0 atom stereocenters. The first-order valence-electron chi connectivity index (χ1n) is 7.76. The van der Waals surface area contributed by atoms with Gasteiger partial charge in [0.2, 0.25) is 5.91 Å². The van der Waals surface area contributed by atoms with Crippen molar-refractivity contribution < 1.29 is 9.18 Å². The summed E-state index contributed by atoms with van der Waals surface area (Å²) >= 11 is 5.60. The first-order chi connectivity index (χ1) is 11.6. The van der Waals surface area contributed by atoms with Gasteiger partial charge in [0.05, 0.1) is 17.8 Å². The Labute approximate surface area is 143 Å². The van der Waals surface area contributed by atoms with Crippen molar-refractivity contribution >= 4 is 17.5 Å². The standard InChI is InChI=1S/C17H17ClFN3O2/c18-6-4-16(23)22-7-5-14-13(10-22)17(24)21-15(20-14)9-11-2-1-3-12(19)8-11/h1-3,8H,4-7,9-10H2,(H,20,21,24). The van der Waals surface area contributed by atoms with Gasteiger partial charge < -0.3 is 9.88 Å². The van der Waals surface area contributed by atoms with Crippen LogP contribution in [0.25, 0.3) is 0 Å². The van der Waals surface area contributed by atoms with E-state index in [-0.39, 0.29) is 36.1 Å². The molecule has 1 aromatic carbocycles. The molecule has 0 aliphatic carbocycles. The number of halogens is 2. The lowest BCUT2D eigenvalue weighted by Gasteiger charge is -2.27. The number of aromatic nitrogens is 2. The normalized spacial score (nSPS) is 13.7. The average molecular weight is 350 g/mol. The van der Waals surface area contributed by atoms with Gasteiger partial charge in [0, 0.05) is 31.7 Å². The Morgan fingerprint density at radius 2 is 2.25 bits per heavy atom. The second kappa shape index (κ2) is 7.13. The highest BCUT2D eigenvalue weighted by atomic mass is 35.5. The van der Waals surface area contributed by atoms with Crippen LogP contribution >= 0.6 is 11.6 Å². The van der Waals surface area contributed by atoms with Gasteiger partial charge in [0.25, 0.3) is 5.56 Å². The number of benzene rings is 1. The van der Waals surface area contributed by atoms with E-state index in [1.165, 1.54) is 12.1 Å². The van der Waals surface area contributed by atoms with Crippen LogP contribution in [-0.2, 0) is 24.2 Å². The van der Waals surface area contributed by atoms with Gasteiger partial charge in [-0.3, -0.25) is 9.59 Å². The third kappa shape index (κ3) is 3.64. The molecule has 0 saturated carbocycles. The molecule has 3 rings (SSSR count). The minimum atomic E-state index is -0.318. The Bertz CT molecular complexity index is 822. The number of amides is 1. The number of carbonyl (C=O) groups excluding carboxylic acids is 1. The molecule has 0 saturated heterocycles. The topological polar surface area (TPSA) is 66.1 Å². The van der Waals surface area contributed by atoms with Crippen LogP contribution in [0.5, 0.6) is 0 Å². The number of hydrogen-bond acceptors (Lipinski definition) is 3. The zero-order valence-corrected chi connectivity index (χ0v) is 13.8. The van der Waals surface area contributed by atoms with E-state index in [1.807, 2.05) is 0 Å². The molecule has 0 radical (unpaired) electrons. The Balaban J connectivity index is 1.82. The summed E-state index contributed by atoms with van der Waals surface area (Å²) in [6.07, 6.45) is 1.15. The number of rotatable bonds is 4. The second-order valence-corrected chi connectivity index (χ2v) is 6.13. The van der Waals surface area contributed by atoms with Gasteiger partial charge in [0.1, 0.15) is 11.6 Å². The Morgan fingerprint density at radius 3 is 3.00 bits per heavy atom. The number of alkyl halides is 1. The molecule has 0 unspecified atom stereocenters. The number of fused-ring (bicyclic) bond motifs is 1. The van der Waals surface area contributed by atoms with E-state index in [2.05, 4.69) is 9.97 Å². The van der Waals surface area contributed by atoms with Crippen LogP contribution in [-0.4, -0.2) is 33.2 Å². The van der Waals surface area contributed by atoms with Crippen LogP contribution in [0, 0.1) is 5.82 Å². The fourth-order valence-electron chi connectivity index (χ4n) is 2.85. The number of nitrogens with zero attached hydrogens (tertiary/aromatic N) is 2. The molecular formula is C17H17ClFN3O2. The molecular weight excluding hydrogens is 333 g/mol. The lowest BCUT2D eigenvalue weighted by Crippen LogP contribution is -2.39. The van der Waals surface area contributed by atoms with Crippen LogP contribution in [0.1, 0.15) is 29.1 Å². The highest BCUT2D eigenvalue weighted by Gasteiger charge is 2.24. The third-order valence-corrected chi connectivity index (χ3v) is 4.23. The largest absolute Gasteiger partial charge is 0.338 e. The maximum atomic E-state index is 13.3. The first-order valence-corrected chi connectivity index (χ1v) is 8.29. The molecule has 1 amide bonds. The van der Waals surface area contributed by atoms with Crippen molar-refractivity contribution in [3.05, 3.63) is 63.1 Å². The number of hydrogen-bond donors (Lipinski definition) is 1.